The van der Waals surface area contributed by atoms with Gasteiger partial charge >= 0.3 is 12.3 Å². The van der Waals surface area contributed by atoms with Gasteiger partial charge < -0.3 is 19.5 Å². The average molecular weight is 514 g/mol. The van der Waals surface area contributed by atoms with Crippen molar-refractivity contribution in [1.29, 1.82) is 5.26 Å². The number of nitrogens with one attached hydrogen (secondary N) is 1. The van der Waals surface area contributed by atoms with E-state index in [0.717, 1.165) is 11.1 Å². The molecule has 0 bridgehead atoms. The number of halogens is 3. The number of ether oxygens (including phenoxy) is 3. The zero-order valence-electron chi connectivity index (χ0n) is 20.6. The number of hydrogen-bond donors (Lipinski definition) is 1. The van der Waals surface area contributed by atoms with Gasteiger partial charge in [-0.05, 0) is 66.4 Å². The predicted octanol–water partition coefficient (Wildman–Crippen LogP) is 5.88. The quantitative estimate of drug-likeness (QED) is 0.338. The summed E-state index contributed by atoms with van der Waals surface area (Å²) in [5.41, 5.74) is 3.06. The molecule has 37 heavy (non-hydrogen) atoms. The monoisotopic (exact) mass is 513 g/mol. The lowest BCUT2D eigenvalue weighted by Gasteiger charge is -2.16. The van der Waals surface area contributed by atoms with Crippen molar-refractivity contribution in [3.63, 3.8) is 0 Å². The van der Waals surface area contributed by atoms with E-state index in [4.69, 9.17) is 9.47 Å². The molecule has 0 saturated heterocycles. The lowest BCUT2D eigenvalue weighted by Crippen LogP contribution is -2.17. The van der Waals surface area contributed by atoms with Crippen molar-refractivity contribution in [1.82, 2.24) is 4.98 Å². The van der Waals surface area contributed by atoms with Crippen LogP contribution in [0.2, 0.25) is 0 Å². The Morgan fingerprint density at radius 3 is 2.57 bits per heavy atom. The van der Waals surface area contributed by atoms with Crippen molar-refractivity contribution in [2.24, 2.45) is 5.92 Å². The van der Waals surface area contributed by atoms with E-state index < -0.39 is 12.3 Å². The molecule has 1 N–H and O–H groups in total. The van der Waals surface area contributed by atoms with Gasteiger partial charge in [0.1, 0.15) is 23.4 Å². The number of esters is 1. The van der Waals surface area contributed by atoms with Crippen LogP contribution in [-0.2, 0) is 22.5 Å². The van der Waals surface area contributed by atoms with E-state index in [1.165, 1.54) is 25.3 Å². The molecule has 1 atom stereocenters. The molecule has 0 aliphatic heterocycles. The first-order valence-corrected chi connectivity index (χ1v) is 11.5. The van der Waals surface area contributed by atoms with Gasteiger partial charge in [-0.1, -0.05) is 19.1 Å². The first-order valence-electron chi connectivity index (χ1n) is 11.5. The number of aromatic nitrogens is 1. The van der Waals surface area contributed by atoms with Crippen LogP contribution in [0.1, 0.15) is 30.5 Å². The molecule has 3 aromatic rings. The second-order valence-corrected chi connectivity index (χ2v) is 8.17. The van der Waals surface area contributed by atoms with Gasteiger partial charge in [0, 0.05) is 18.3 Å². The van der Waals surface area contributed by atoms with Crippen molar-refractivity contribution in [2.75, 3.05) is 19.0 Å². The van der Waals surface area contributed by atoms with Crippen LogP contribution in [0.5, 0.6) is 11.5 Å². The van der Waals surface area contributed by atoms with Crippen molar-refractivity contribution in [3.05, 3.63) is 71.4 Å². The number of carbonyl (C=O) groups excluding carboxylic acids is 1. The second kappa shape index (κ2) is 12.1. The minimum atomic E-state index is -4.76. The number of hydrogen-bond acceptors (Lipinski definition) is 7. The minimum Gasteiger partial charge on any atom is -0.495 e. The Morgan fingerprint density at radius 1 is 1.16 bits per heavy atom. The summed E-state index contributed by atoms with van der Waals surface area (Å²) >= 11 is 0. The van der Waals surface area contributed by atoms with Gasteiger partial charge in [-0.3, -0.25) is 4.79 Å². The van der Waals surface area contributed by atoms with Gasteiger partial charge in [-0.15, -0.1) is 13.2 Å². The number of rotatable bonds is 10. The molecule has 1 unspecified atom stereocenters. The molecular weight excluding hydrogens is 487 g/mol. The number of carbonyl (C=O) groups is 1. The van der Waals surface area contributed by atoms with Crippen molar-refractivity contribution >= 4 is 11.8 Å². The van der Waals surface area contributed by atoms with Gasteiger partial charge in [-0.25, -0.2) is 4.98 Å². The summed E-state index contributed by atoms with van der Waals surface area (Å²) in [7, 11) is 1.47. The number of pyridine rings is 1. The molecule has 3 rings (SSSR count). The maximum atomic E-state index is 12.5. The van der Waals surface area contributed by atoms with Gasteiger partial charge in [0.2, 0.25) is 0 Å². The highest BCUT2D eigenvalue weighted by molar-refractivity contribution is 5.74. The van der Waals surface area contributed by atoms with Crippen LogP contribution >= 0.6 is 0 Å². The largest absolute Gasteiger partial charge is 0.573 e. The van der Waals surface area contributed by atoms with Crippen LogP contribution in [0.25, 0.3) is 11.1 Å². The maximum absolute atomic E-state index is 12.5. The molecule has 1 aromatic heterocycles. The molecule has 7 nitrogen and oxygen atoms in total. The highest BCUT2D eigenvalue weighted by atomic mass is 19.4. The minimum absolute atomic E-state index is 0.235. The summed E-state index contributed by atoms with van der Waals surface area (Å²) in [6, 6.07) is 14.9. The number of anilines is 1. The second-order valence-electron chi connectivity index (χ2n) is 8.17. The number of methoxy groups -OCH3 is 1. The highest BCUT2D eigenvalue weighted by Crippen LogP contribution is 2.32. The van der Waals surface area contributed by atoms with Gasteiger partial charge in [0.25, 0.3) is 0 Å². The van der Waals surface area contributed by atoms with E-state index in [0.29, 0.717) is 34.7 Å². The number of alkyl halides is 3. The maximum Gasteiger partial charge on any atom is 0.573 e. The SMILES string of the molecule is CCOC(=O)C(C)Cc1cc(-c2ccc(NCc3cccc(OC(F)(F)F)c3)nc2)cc(C#N)c1OC. The number of benzene rings is 2. The third-order valence-electron chi connectivity index (χ3n) is 5.41. The van der Waals surface area contributed by atoms with E-state index >= 15 is 0 Å². The Labute approximate surface area is 212 Å². The Bertz CT molecular complexity index is 1270. The number of nitrogens with zero attached hydrogens (tertiary/aromatic N) is 2. The third kappa shape index (κ3) is 7.61. The molecule has 0 amide bonds. The fourth-order valence-electron chi connectivity index (χ4n) is 3.74. The van der Waals surface area contributed by atoms with E-state index in [1.807, 2.05) is 6.07 Å². The van der Waals surface area contributed by atoms with Crippen LogP contribution in [0.3, 0.4) is 0 Å². The first kappa shape index (κ1) is 27.3. The molecule has 0 aliphatic carbocycles. The third-order valence-corrected chi connectivity index (χ3v) is 5.41. The Balaban J connectivity index is 1.77. The normalized spacial score (nSPS) is 11.8. The zero-order chi connectivity index (χ0) is 27.0. The molecule has 0 radical (unpaired) electrons. The van der Waals surface area contributed by atoms with E-state index in [2.05, 4.69) is 21.1 Å². The topological polar surface area (TPSA) is 93.5 Å². The Hall–Kier alpha value is -4.26. The number of nitriles is 1. The molecule has 1 heterocycles. The Morgan fingerprint density at radius 2 is 1.95 bits per heavy atom. The summed E-state index contributed by atoms with van der Waals surface area (Å²) in [6.45, 7) is 4.01. The molecule has 0 fully saturated rings. The average Bonchev–Trinajstić information content (AvgIpc) is 2.86. The van der Waals surface area contributed by atoms with E-state index in [1.54, 1.807) is 44.3 Å². The van der Waals surface area contributed by atoms with Crippen molar-refractivity contribution < 1.29 is 32.2 Å². The summed E-state index contributed by atoms with van der Waals surface area (Å²) in [5.74, 6) is -0.140. The van der Waals surface area contributed by atoms with Gasteiger partial charge in [-0.2, -0.15) is 5.26 Å². The van der Waals surface area contributed by atoms with E-state index in [9.17, 15) is 23.2 Å². The summed E-state index contributed by atoms with van der Waals surface area (Å²) in [4.78, 5) is 16.5. The van der Waals surface area contributed by atoms with Crippen molar-refractivity contribution in [2.45, 2.75) is 33.2 Å². The van der Waals surface area contributed by atoms with Gasteiger partial charge in [0.15, 0.2) is 0 Å². The van der Waals surface area contributed by atoms with Crippen LogP contribution in [0.4, 0.5) is 19.0 Å². The first-order chi connectivity index (χ1) is 17.6. The van der Waals surface area contributed by atoms with Crippen LogP contribution in [0.15, 0.2) is 54.7 Å². The molecule has 2 aromatic carbocycles. The fourth-order valence-corrected chi connectivity index (χ4v) is 3.74. The smallest absolute Gasteiger partial charge is 0.495 e. The van der Waals surface area contributed by atoms with Crippen LogP contribution < -0.4 is 14.8 Å². The van der Waals surface area contributed by atoms with Crippen LogP contribution in [-0.4, -0.2) is 31.0 Å². The van der Waals surface area contributed by atoms with Crippen molar-refractivity contribution in [3.8, 4) is 28.7 Å². The van der Waals surface area contributed by atoms with Gasteiger partial charge in [0.05, 0.1) is 25.2 Å². The predicted molar refractivity (Wildman–Crippen MR) is 131 cm³/mol. The summed E-state index contributed by atoms with van der Waals surface area (Å²) in [6.07, 6.45) is -2.81. The molecule has 0 saturated carbocycles. The molecule has 194 valence electrons. The summed E-state index contributed by atoms with van der Waals surface area (Å²) < 4.78 is 51.9. The summed E-state index contributed by atoms with van der Waals surface area (Å²) in [5, 5.41) is 12.7. The van der Waals surface area contributed by atoms with Crippen LogP contribution in [0, 0.1) is 17.2 Å². The standard InChI is InChI=1S/C27H26F3N3O4/c1-4-36-26(34)17(2)10-21-12-20(13-22(14-31)25(21)35-3)19-8-9-24(33-16-19)32-15-18-6-5-7-23(11-18)37-27(28,29)30/h5-9,11-13,16-17H,4,10,15H2,1-3H3,(H,32,33). The molecular formula is C27H26F3N3O4. The molecule has 10 heteroatoms. The lowest BCUT2D eigenvalue weighted by molar-refractivity contribution is -0.274. The fraction of sp³-hybridized carbons (Fsp3) is 0.296. The molecule has 0 spiro atoms. The van der Waals surface area contributed by atoms with E-state index in [-0.39, 0.29) is 24.9 Å². The zero-order valence-corrected chi connectivity index (χ0v) is 20.6. The lowest BCUT2D eigenvalue weighted by atomic mass is 9.94. The Kier molecular flexibility index (Phi) is 8.95. The molecule has 0 aliphatic rings. The highest BCUT2D eigenvalue weighted by Gasteiger charge is 2.31.